The van der Waals surface area contributed by atoms with Gasteiger partial charge >= 0.3 is 0 Å². The highest BCUT2D eigenvalue weighted by atomic mass is 19.2. The summed E-state index contributed by atoms with van der Waals surface area (Å²) >= 11 is 0. The van der Waals surface area contributed by atoms with Crippen LogP contribution in [0.5, 0.6) is 0 Å². The maximum absolute atomic E-state index is 13.0. The van der Waals surface area contributed by atoms with Crippen molar-refractivity contribution in [3.05, 3.63) is 63.7 Å². The van der Waals surface area contributed by atoms with Crippen molar-refractivity contribution in [1.82, 2.24) is 0 Å². The number of nitro groups is 1. The third kappa shape index (κ3) is 2.70. The summed E-state index contributed by atoms with van der Waals surface area (Å²) in [6.07, 6.45) is 0. The van der Waals surface area contributed by atoms with Gasteiger partial charge in [0.25, 0.3) is 5.69 Å². The van der Waals surface area contributed by atoms with E-state index in [1.807, 2.05) is 0 Å². The maximum Gasteiger partial charge on any atom is 0.289 e. The van der Waals surface area contributed by atoms with Gasteiger partial charge in [-0.15, -0.1) is 0 Å². The smallest absolute Gasteiger partial charge is 0.289 e. The highest BCUT2D eigenvalue weighted by Gasteiger charge is 2.14. The Labute approximate surface area is 112 Å². The number of nitro benzene ring substituents is 1. The number of nitrogens with zero attached hydrogens (tertiary/aromatic N) is 2. The van der Waals surface area contributed by atoms with Gasteiger partial charge in [0.2, 0.25) is 0 Å². The Balaban J connectivity index is 2.34. The molecule has 0 saturated heterocycles. The number of benzene rings is 2. The molecule has 100 valence electrons. The molecule has 2 rings (SSSR count). The summed E-state index contributed by atoms with van der Waals surface area (Å²) in [4.78, 5) is 10.1. The molecule has 5 nitrogen and oxygen atoms in total. The second kappa shape index (κ2) is 5.32. The Morgan fingerprint density at radius 3 is 2.35 bits per heavy atom. The van der Waals surface area contributed by atoms with Crippen LogP contribution in [0.15, 0.2) is 36.4 Å². The third-order valence-corrected chi connectivity index (χ3v) is 2.52. The monoisotopic (exact) mass is 275 g/mol. The van der Waals surface area contributed by atoms with Crippen LogP contribution in [0.4, 0.5) is 25.8 Å². The molecule has 7 heteroatoms. The molecule has 2 aromatic carbocycles. The van der Waals surface area contributed by atoms with Crippen LogP contribution >= 0.6 is 0 Å². The summed E-state index contributed by atoms with van der Waals surface area (Å²) in [5.41, 5.74) is 0.0931. The van der Waals surface area contributed by atoms with Crippen LogP contribution in [0.3, 0.4) is 0 Å². The number of hydrogen-bond donors (Lipinski definition) is 1. The first-order valence-corrected chi connectivity index (χ1v) is 5.42. The Hall–Kier alpha value is -3.01. The molecule has 0 aliphatic heterocycles. The zero-order valence-electron chi connectivity index (χ0n) is 9.93. The molecule has 0 aliphatic carbocycles. The van der Waals surface area contributed by atoms with Crippen LogP contribution in [0.2, 0.25) is 0 Å². The normalized spacial score (nSPS) is 9.85. The molecule has 2 aromatic rings. The molecule has 0 atom stereocenters. The van der Waals surface area contributed by atoms with E-state index in [2.05, 4.69) is 5.32 Å². The number of halogens is 2. The van der Waals surface area contributed by atoms with Crippen molar-refractivity contribution in [3.63, 3.8) is 0 Å². The molecule has 0 bridgehead atoms. The van der Waals surface area contributed by atoms with E-state index in [1.54, 1.807) is 6.07 Å². The summed E-state index contributed by atoms with van der Waals surface area (Å²) in [5, 5.41) is 22.2. The first-order valence-electron chi connectivity index (χ1n) is 5.42. The molecular weight excluding hydrogens is 268 g/mol. The Morgan fingerprint density at radius 2 is 1.75 bits per heavy atom. The highest BCUT2D eigenvalue weighted by molar-refractivity contribution is 5.65. The molecule has 1 N–H and O–H groups in total. The predicted molar refractivity (Wildman–Crippen MR) is 67.5 cm³/mol. The van der Waals surface area contributed by atoms with Crippen LogP contribution < -0.4 is 5.32 Å². The van der Waals surface area contributed by atoms with Gasteiger partial charge in [0.1, 0.15) is 11.6 Å². The van der Waals surface area contributed by atoms with Gasteiger partial charge in [0.05, 0.1) is 4.92 Å². The fourth-order valence-corrected chi connectivity index (χ4v) is 1.60. The standard InChI is InChI=1S/C13H7F2N3O2/c14-11-4-3-9(5-12(11)15)17-10-2-1-8(7-16)13(6-10)18(19)20/h1-6,17H. The lowest BCUT2D eigenvalue weighted by atomic mass is 10.1. The van der Waals surface area contributed by atoms with Crippen molar-refractivity contribution in [2.24, 2.45) is 0 Å². The van der Waals surface area contributed by atoms with Gasteiger partial charge in [-0.2, -0.15) is 5.26 Å². The van der Waals surface area contributed by atoms with E-state index in [9.17, 15) is 18.9 Å². The summed E-state index contributed by atoms with van der Waals surface area (Å²) in [5.74, 6) is -2.01. The number of nitrogens with one attached hydrogen (secondary N) is 1. The SMILES string of the molecule is N#Cc1ccc(Nc2ccc(F)c(F)c2)cc1[N+](=O)[O-]. The molecule has 0 radical (unpaired) electrons. The fraction of sp³-hybridized carbons (Fsp3) is 0. The molecule has 0 saturated carbocycles. The summed E-state index contributed by atoms with van der Waals surface area (Å²) in [7, 11) is 0. The number of anilines is 2. The van der Waals surface area contributed by atoms with Crippen molar-refractivity contribution in [2.75, 3.05) is 5.32 Å². The van der Waals surface area contributed by atoms with E-state index in [-0.39, 0.29) is 16.9 Å². The quantitative estimate of drug-likeness (QED) is 0.687. The second-order valence-corrected chi connectivity index (χ2v) is 3.85. The summed E-state index contributed by atoms with van der Waals surface area (Å²) in [6, 6.07) is 8.74. The van der Waals surface area contributed by atoms with E-state index in [1.165, 1.54) is 18.2 Å². The Bertz CT molecular complexity index is 726. The average molecular weight is 275 g/mol. The summed E-state index contributed by atoms with van der Waals surface area (Å²) in [6.45, 7) is 0. The third-order valence-electron chi connectivity index (χ3n) is 2.52. The number of hydrogen-bond acceptors (Lipinski definition) is 4. The Morgan fingerprint density at radius 1 is 1.10 bits per heavy atom. The molecule has 0 fully saturated rings. The average Bonchev–Trinajstić information content (AvgIpc) is 2.43. The van der Waals surface area contributed by atoms with Gasteiger partial charge in [-0.3, -0.25) is 10.1 Å². The van der Waals surface area contributed by atoms with Gasteiger partial charge in [0.15, 0.2) is 11.6 Å². The van der Waals surface area contributed by atoms with E-state index >= 15 is 0 Å². The Kier molecular flexibility index (Phi) is 3.57. The minimum absolute atomic E-state index is 0.0779. The predicted octanol–water partition coefficient (Wildman–Crippen LogP) is 3.49. The van der Waals surface area contributed by atoms with E-state index < -0.39 is 16.6 Å². The zero-order valence-corrected chi connectivity index (χ0v) is 9.93. The minimum Gasteiger partial charge on any atom is -0.355 e. The lowest BCUT2D eigenvalue weighted by Gasteiger charge is -2.07. The van der Waals surface area contributed by atoms with Crippen molar-refractivity contribution in [2.45, 2.75) is 0 Å². The van der Waals surface area contributed by atoms with Crippen molar-refractivity contribution < 1.29 is 13.7 Å². The van der Waals surface area contributed by atoms with Gasteiger partial charge in [-0.05, 0) is 24.3 Å². The maximum atomic E-state index is 13.0. The van der Waals surface area contributed by atoms with Crippen molar-refractivity contribution >= 4 is 17.1 Å². The lowest BCUT2D eigenvalue weighted by molar-refractivity contribution is -0.385. The van der Waals surface area contributed by atoms with Gasteiger partial charge in [-0.1, -0.05) is 0 Å². The van der Waals surface area contributed by atoms with E-state index in [0.717, 1.165) is 18.2 Å². The molecule has 0 aromatic heterocycles. The lowest BCUT2D eigenvalue weighted by Crippen LogP contribution is -1.96. The molecule has 0 heterocycles. The zero-order chi connectivity index (χ0) is 14.7. The highest BCUT2D eigenvalue weighted by Crippen LogP contribution is 2.25. The van der Waals surface area contributed by atoms with Crippen LogP contribution in [0.1, 0.15) is 5.56 Å². The molecule has 0 unspecified atom stereocenters. The van der Waals surface area contributed by atoms with Crippen LogP contribution in [-0.4, -0.2) is 4.92 Å². The van der Waals surface area contributed by atoms with Gasteiger partial charge in [-0.25, -0.2) is 8.78 Å². The van der Waals surface area contributed by atoms with Crippen molar-refractivity contribution in [3.8, 4) is 6.07 Å². The fourth-order valence-electron chi connectivity index (χ4n) is 1.60. The first kappa shape index (κ1) is 13.4. The van der Waals surface area contributed by atoms with E-state index in [4.69, 9.17) is 5.26 Å². The van der Waals surface area contributed by atoms with Crippen molar-refractivity contribution in [1.29, 1.82) is 5.26 Å². The molecular formula is C13H7F2N3O2. The van der Waals surface area contributed by atoms with Gasteiger partial charge < -0.3 is 5.32 Å². The van der Waals surface area contributed by atoms with E-state index in [0.29, 0.717) is 5.69 Å². The largest absolute Gasteiger partial charge is 0.355 e. The molecule has 0 spiro atoms. The topological polar surface area (TPSA) is 79.0 Å². The molecule has 0 aliphatic rings. The number of rotatable bonds is 3. The van der Waals surface area contributed by atoms with Gasteiger partial charge in [0, 0.05) is 23.5 Å². The number of nitriles is 1. The second-order valence-electron chi connectivity index (χ2n) is 3.85. The van der Waals surface area contributed by atoms with Crippen LogP contribution in [-0.2, 0) is 0 Å². The van der Waals surface area contributed by atoms with Crippen LogP contribution in [0.25, 0.3) is 0 Å². The first-order chi connectivity index (χ1) is 9.51. The van der Waals surface area contributed by atoms with Crippen LogP contribution in [0, 0.1) is 33.1 Å². The molecule has 20 heavy (non-hydrogen) atoms. The minimum atomic E-state index is -1.03. The summed E-state index contributed by atoms with van der Waals surface area (Å²) < 4.78 is 25.8. The molecule has 0 amide bonds.